The SMILES string of the molecule is CC[C@H](C)[C@H](NC(=O)CN)C(=O)N[C@@H](CC(C)C)C(=O)N[C@@H](CCCCN)C(=O)N[C@@H](CO)C(=O)N[C@@H](CC(C)C)C(=O)N[C@@H](CC(C)C)C(=O)N[C@@H](CCCCN)C(=O)N[C@@H](CCCCN)C(=O)N[C@@H](CC(C)C)C(=O)N[C@@H](CCCCN)C(=O)N[C@@H](CCCCN)C(=O)N[C@H](C(=O)N[C@H](C(=O)N[C@@H](C)C(=O)N[C@@H](CCCCN)C(N)=O)[C@@H](C)CC)[C@@H](C)CC. The van der Waals surface area contributed by atoms with Gasteiger partial charge < -0.3 is 131 Å². The summed E-state index contributed by atoms with van der Waals surface area (Å²) in [5, 5.41) is 51.5. The van der Waals surface area contributed by atoms with E-state index in [0.717, 1.165) is 0 Å². The van der Waals surface area contributed by atoms with Crippen molar-refractivity contribution in [3.05, 3.63) is 0 Å². The number of rotatable bonds is 70. The highest BCUT2D eigenvalue weighted by molar-refractivity contribution is 6.01. The van der Waals surface area contributed by atoms with E-state index in [0.29, 0.717) is 103 Å². The quantitative estimate of drug-likeness (QED) is 0.0288. The molecule has 0 saturated carbocycles. The number of unbranched alkanes of at least 4 members (excludes halogenated alkanes) is 6. The third-order valence-electron chi connectivity index (χ3n) is 22.0. The molecule has 16 amide bonds. The molecule has 40 nitrogen and oxygen atoms in total. The minimum absolute atomic E-state index is 0.00252. The Hall–Kier alpha value is -8.80. The van der Waals surface area contributed by atoms with Crippen molar-refractivity contribution >= 4 is 94.5 Å². The van der Waals surface area contributed by atoms with E-state index < -0.39 is 204 Å². The lowest BCUT2D eigenvalue weighted by molar-refractivity contribution is -0.137. The second kappa shape index (κ2) is 65.7. The number of hydrogen-bond donors (Lipinski definition) is 24. The van der Waals surface area contributed by atoms with Crippen molar-refractivity contribution in [3.8, 4) is 0 Å². The van der Waals surface area contributed by atoms with E-state index >= 15 is 0 Å². The van der Waals surface area contributed by atoms with Crippen LogP contribution in [0.4, 0.5) is 0 Å². The summed E-state index contributed by atoms with van der Waals surface area (Å²) in [6.07, 6.45) is 6.46. The van der Waals surface area contributed by atoms with Crippen molar-refractivity contribution in [2.24, 2.45) is 87.3 Å². The molecular formula is C86H165N23O17. The number of aliphatic hydroxyl groups is 1. The zero-order valence-electron chi connectivity index (χ0n) is 78.1. The summed E-state index contributed by atoms with van der Waals surface area (Å²) >= 11 is 0. The zero-order chi connectivity index (χ0) is 95.9. The van der Waals surface area contributed by atoms with Crippen molar-refractivity contribution in [3.63, 3.8) is 0 Å². The lowest BCUT2D eigenvalue weighted by Gasteiger charge is -2.31. The van der Waals surface area contributed by atoms with Gasteiger partial charge in [0.05, 0.1) is 13.2 Å². The molecule has 0 saturated heterocycles. The van der Waals surface area contributed by atoms with Crippen molar-refractivity contribution in [1.82, 2.24) is 79.8 Å². The Kier molecular flexibility index (Phi) is 61.1. The highest BCUT2D eigenvalue weighted by atomic mass is 16.3. The molecule has 0 aliphatic heterocycles. The molecule has 0 aliphatic rings. The molecule has 726 valence electrons. The number of primary amides is 1. The number of hydrogen-bond acceptors (Lipinski definition) is 24. The molecule has 18 atom stereocenters. The average molecular weight is 1790 g/mol. The summed E-state index contributed by atoms with van der Waals surface area (Å²) in [6, 6.07) is -19.4. The Bertz CT molecular complexity index is 3320. The van der Waals surface area contributed by atoms with Gasteiger partial charge in [0.25, 0.3) is 0 Å². The minimum Gasteiger partial charge on any atom is -0.394 e. The van der Waals surface area contributed by atoms with Crippen molar-refractivity contribution in [1.29, 1.82) is 0 Å². The fourth-order valence-corrected chi connectivity index (χ4v) is 13.8. The van der Waals surface area contributed by atoms with Gasteiger partial charge in [-0.1, -0.05) is 116 Å². The second-order valence-electron chi connectivity index (χ2n) is 35.1. The maximum Gasteiger partial charge on any atom is 0.245 e. The first-order valence-electron chi connectivity index (χ1n) is 45.9. The normalized spacial score (nSPS) is 15.8. The predicted molar refractivity (Wildman–Crippen MR) is 484 cm³/mol. The molecule has 126 heavy (non-hydrogen) atoms. The summed E-state index contributed by atoms with van der Waals surface area (Å²) < 4.78 is 0. The van der Waals surface area contributed by atoms with E-state index in [1.54, 1.807) is 76.2 Å². The van der Waals surface area contributed by atoms with Crippen LogP contribution in [-0.4, -0.2) is 243 Å². The number of nitrogens with one attached hydrogen (secondary N) is 15. The largest absolute Gasteiger partial charge is 0.394 e. The monoisotopic (exact) mass is 1790 g/mol. The highest BCUT2D eigenvalue weighted by Gasteiger charge is 2.40. The number of amides is 16. The van der Waals surface area contributed by atoms with Gasteiger partial charge in [0, 0.05) is 0 Å². The number of carbonyl (C=O) groups excluding carboxylic acids is 16. The molecule has 0 bridgehead atoms. The summed E-state index contributed by atoms with van der Waals surface area (Å²) in [7, 11) is 0. The lowest BCUT2D eigenvalue weighted by Crippen LogP contribution is -2.62. The van der Waals surface area contributed by atoms with Gasteiger partial charge in [0.2, 0.25) is 94.5 Å². The molecule has 0 aromatic rings. The van der Waals surface area contributed by atoms with Crippen LogP contribution in [0.15, 0.2) is 0 Å². The van der Waals surface area contributed by atoms with Gasteiger partial charge >= 0.3 is 0 Å². The second-order valence-corrected chi connectivity index (χ2v) is 35.1. The number of aliphatic hydroxyl groups excluding tert-OH is 1. The molecule has 0 rings (SSSR count). The first kappa shape index (κ1) is 117. The molecule has 0 spiro atoms. The Morgan fingerprint density at radius 1 is 0.238 bits per heavy atom. The van der Waals surface area contributed by atoms with E-state index in [2.05, 4.69) is 79.8 Å². The Labute approximate surface area is 747 Å². The van der Waals surface area contributed by atoms with Crippen LogP contribution >= 0.6 is 0 Å². The van der Waals surface area contributed by atoms with Gasteiger partial charge in [0.15, 0.2) is 0 Å². The highest BCUT2D eigenvalue weighted by Crippen LogP contribution is 2.19. The molecule has 0 radical (unpaired) electrons. The Balaban J connectivity index is 7.34. The summed E-state index contributed by atoms with van der Waals surface area (Å²) in [5.74, 6) is -14.7. The van der Waals surface area contributed by atoms with Gasteiger partial charge in [-0.15, -0.1) is 0 Å². The first-order chi connectivity index (χ1) is 59.5. The van der Waals surface area contributed by atoms with E-state index in [1.165, 1.54) is 6.92 Å². The van der Waals surface area contributed by atoms with Crippen LogP contribution in [0, 0.1) is 41.4 Å². The van der Waals surface area contributed by atoms with Crippen LogP contribution < -0.4 is 126 Å². The molecule has 0 aromatic carbocycles. The Morgan fingerprint density at radius 3 is 0.683 bits per heavy atom. The lowest BCUT2D eigenvalue weighted by atomic mass is 9.94. The number of nitrogens with two attached hydrogens (primary N) is 8. The fourth-order valence-electron chi connectivity index (χ4n) is 13.8. The van der Waals surface area contributed by atoms with Crippen LogP contribution in [-0.2, 0) is 76.7 Å². The molecule has 0 fully saturated rings. The maximum absolute atomic E-state index is 14.9. The molecule has 0 unspecified atom stereocenters. The summed E-state index contributed by atoms with van der Waals surface area (Å²) in [6.45, 7) is 26.6. The molecule has 32 N–H and O–H groups in total. The molecule has 40 heteroatoms. The predicted octanol–water partition coefficient (Wildman–Crippen LogP) is -2.19. The molecular weight excluding hydrogens is 1630 g/mol. The van der Waals surface area contributed by atoms with Gasteiger partial charge in [-0.25, -0.2) is 0 Å². The van der Waals surface area contributed by atoms with Crippen LogP contribution in [0.1, 0.15) is 264 Å². The summed E-state index contributed by atoms with van der Waals surface area (Å²) in [5.41, 5.74) is 46.2. The third kappa shape index (κ3) is 46.8. The van der Waals surface area contributed by atoms with Gasteiger partial charge in [-0.3, -0.25) is 76.7 Å². The minimum atomic E-state index is -1.69. The van der Waals surface area contributed by atoms with Crippen molar-refractivity contribution in [2.75, 3.05) is 52.4 Å². The van der Waals surface area contributed by atoms with Crippen molar-refractivity contribution < 1.29 is 81.8 Å². The van der Waals surface area contributed by atoms with Crippen LogP contribution in [0.2, 0.25) is 0 Å². The van der Waals surface area contributed by atoms with Crippen LogP contribution in [0.3, 0.4) is 0 Å². The van der Waals surface area contributed by atoms with Crippen LogP contribution in [0.25, 0.3) is 0 Å². The maximum atomic E-state index is 14.9. The smallest absolute Gasteiger partial charge is 0.245 e. The van der Waals surface area contributed by atoms with Gasteiger partial charge in [-0.2, -0.15) is 0 Å². The first-order valence-corrected chi connectivity index (χ1v) is 45.9. The topological polar surface area (TPSA) is 682 Å². The standard InChI is InChI=1S/C86H165N23O17/c1-16-53(12)69(107-68(111)47-93)85(125)105-66(46-52(10)11)81(121)101-61(35-23-29-41-91)77(117)106-67(48-110)83(123)104-65(45-51(8)9)82(122)103-64(44-50(6)7)80(120)100-58(32-20-26-38-88)74(114)97-60(34-22-28-40-90)76(116)102-63(43-49(4)5)79(119)99-59(33-21-27-39-89)75(115)98-62(36-24-30-42-92)78(118)108-71(55(14)18-3)86(126)109-70(54(13)17-2)84(124)95-56(15)73(113)96-57(72(94)112)31-19-25-37-87/h49-67,69-71,110H,16-48,87-93H2,1-15H3,(H2,94,112)(H,95,124)(H,96,113)(H,97,114)(H,98,115)(H,99,119)(H,100,120)(H,101,121)(H,102,116)(H,103,122)(H,104,123)(H,105,125)(H,106,117)(H,107,111)(H,108,118)(H,109,126)/t53-,54-,55-,56-,57-,58-,59-,60-,61-,62-,63-,64-,65-,66-,67-,69-,70-,71-/m0/s1. The molecule has 0 aromatic heterocycles. The zero-order valence-corrected chi connectivity index (χ0v) is 78.1. The molecule has 0 aliphatic carbocycles. The fraction of sp³-hybridized carbons (Fsp3) is 0.814. The van der Waals surface area contributed by atoms with Gasteiger partial charge in [-0.05, 0) is 229 Å². The number of carbonyl (C=O) groups is 16. The van der Waals surface area contributed by atoms with E-state index in [1.807, 2.05) is 20.8 Å². The van der Waals surface area contributed by atoms with Crippen LogP contribution in [0.5, 0.6) is 0 Å². The van der Waals surface area contributed by atoms with E-state index in [-0.39, 0.29) is 133 Å². The Morgan fingerprint density at radius 2 is 0.437 bits per heavy atom. The summed E-state index contributed by atoms with van der Waals surface area (Å²) in [4.78, 5) is 226. The van der Waals surface area contributed by atoms with Crippen molar-refractivity contribution in [2.45, 2.75) is 355 Å². The van der Waals surface area contributed by atoms with Gasteiger partial charge in [0.1, 0.15) is 90.6 Å². The molecule has 0 heterocycles. The van der Waals surface area contributed by atoms with E-state index in [4.69, 9.17) is 45.9 Å². The average Bonchev–Trinajstić information content (AvgIpc) is 0.850. The third-order valence-corrected chi connectivity index (χ3v) is 22.0. The van der Waals surface area contributed by atoms with E-state index in [9.17, 15) is 81.8 Å².